The van der Waals surface area contributed by atoms with Crippen LogP contribution in [0, 0.1) is 12.7 Å². The van der Waals surface area contributed by atoms with Gasteiger partial charge >= 0.3 is 0 Å². The molecule has 2 aromatic carbocycles. The first-order chi connectivity index (χ1) is 12.4. The van der Waals surface area contributed by atoms with Crippen LogP contribution >= 0.6 is 23.8 Å². The van der Waals surface area contributed by atoms with Gasteiger partial charge in [0.05, 0.1) is 5.56 Å². The van der Waals surface area contributed by atoms with Crippen LogP contribution in [0.5, 0.6) is 5.75 Å². The van der Waals surface area contributed by atoms with Crippen LogP contribution < -0.4 is 20.9 Å². The number of benzene rings is 2. The molecule has 0 atom stereocenters. The number of hydrogen-bond donors (Lipinski definition) is 3. The van der Waals surface area contributed by atoms with Gasteiger partial charge in [0.15, 0.2) is 11.7 Å². The number of amides is 2. The van der Waals surface area contributed by atoms with E-state index in [4.69, 9.17) is 28.6 Å². The lowest BCUT2D eigenvalue weighted by molar-refractivity contribution is -0.123. The fraction of sp³-hybridized carbons (Fsp3) is 0.118. The molecule has 0 aliphatic carbocycles. The van der Waals surface area contributed by atoms with Crippen molar-refractivity contribution in [3.63, 3.8) is 0 Å². The second-order valence-corrected chi connectivity index (χ2v) is 5.95. The van der Waals surface area contributed by atoms with Gasteiger partial charge in [0.1, 0.15) is 11.6 Å². The molecule has 0 bridgehead atoms. The second kappa shape index (κ2) is 9.12. The minimum Gasteiger partial charge on any atom is -0.484 e. The van der Waals surface area contributed by atoms with Gasteiger partial charge in [-0.3, -0.25) is 25.8 Å². The third kappa shape index (κ3) is 5.68. The van der Waals surface area contributed by atoms with Gasteiger partial charge in [0.25, 0.3) is 11.8 Å². The lowest BCUT2D eigenvalue weighted by Crippen LogP contribution is -2.49. The van der Waals surface area contributed by atoms with E-state index in [1.165, 1.54) is 18.2 Å². The second-order valence-electron chi connectivity index (χ2n) is 5.14. The minimum atomic E-state index is -0.734. The quantitative estimate of drug-likeness (QED) is 0.547. The first-order valence-corrected chi connectivity index (χ1v) is 8.19. The molecule has 0 fully saturated rings. The maximum absolute atomic E-state index is 13.5. The van der Waals surface area contributed by atoms with Crippen LogP contribution in [0.2, 0.25) is 5.02 Å². The maximum atomic E-state index is 13.5. The maximum Gasteiger partial charge on any atom is 0.276 e. The van der Waals surface area contributed by atoms with Crippen LogP contribution in [0.25, 0.3) is 0 Å². The Balaban J connectivity index is 1.76. The standard InChI is InChI=1S/C17H15ClFN3O3S/c1-10-8-11(6-7-13(10)18)25-9-15(23)21-22-17(26)20-16(24)12-4-2-3-5-14(12)19/h2-8H,9H2,1H3,(H,21,23)(H2,20,22,24,26). The molecule has 0 aromatic heterocycles. The molecule has 0 aliphatic heterocycles. The molecular weight excluding hydrogens is 381 g/mol. The van der Waals surface area contributed by atoms with Crippen LogP contribution in [0.15, 0.2) is 42.5 Å². The van der Waals surface area contributed by atoms with Gasteiger partial charge in [-0.15, -0.1) is 0 Å². The Labute approximate surface area is 159 Å². The fourth-order valence-electron chi connectivity index (χ4n) is 1.87. The number of rotatable bonds is 4. The molecule has 0 heterocycles. The third-order valence-electron chi connectivity index (χ3n) is 3.16. The van der Waals surface area contributed by atoms with Crippen molar-refractivity contribution < 1.29 is 18.7 Å². The number of aryl methyl sites for hydroxylation is 1. The Morgan fingerprint density at radius 3 is 2.62 bits per heavy atom. The van der Waals surface area contributed by atoms with Gasteiger partial charge in [-0.2, -0.15) is 0 Å². The Hall–Kier alpha value is -2.71. The van der Waals surface area contributed by atoms with E-state index in [-0.39, 0.29) is 17.3 Å². The molecule has 0 aliphatic rings. The Morgan fingerprint density at radius 1 is 1.19 bits per heavy atom. The van der Waals surface area contributed by atoms with Crippen molar-refractivity contribution in [2.45, 2.75) is 6.92 Å². The SMILES string of the molecule is Cc1cc(OCC(=O)NNC(=S)NC(=O)c2ccccc2F)ccc1Cl. The molecule has 0 unspecified atom stereocenters. The molecule has 0 saturated carbocycles. The van der Waals surface area contributed by atoms with Gasteiger partial charge in [-0.25, -0.2) is 4.39 Å². The number of hydrazine groups is 1. The molecule has 136 valence electrons. The van der Waals surface area contributed by atoms with E-state index in [0.29, 0.717) is 10.8 Å². The van der Waals surface area contributed by atoms with Gasteiger partial charge in [0, 0.05) is 5.02 Å². The molecule has 3 N–H and O–H groups in total. The van der Waals surface area contributed by atoms with E-state index >= 15 is 0 Å². The van der Waals surface area contributed by atoms with Crippen molar-refractivity contribution in [1.82, 2.24) is 16.2 Å². The molecular formula is C17H15ClFN3O3S. The zero-order valence-corrected chi connectivity index (χ0v) is 15.2. The molecule has 0 spiro atoms. The van der Waals surface area contributed by atoms with E-state index < -0.39 is 17.6 Å². The van der Waals surface area contributed by atoms with Crippen molar-refractivity contribution in [2.24, 2.45) is 0 Å². The number of nitrogens with one attached hydrogen (secondary N) is 3. The van der Waals surface area contributed by atoms with Gasteiger partial charge < -0.3 is 4.74 Å². The van der Waals surface area contributed by atoms with Gasteiger partial charge in [-0.1, -0.05) is 23.7 Å². The van der Waals surface area contributed by atoms with Crippen molar-refractivity contribution in [3.05, 3.63) is 64.4 Å². The molecule has 2 amide bonds. The predicted molar refractivity (Wildman–Crippen MR) is 99.4 cm³/mol. The third-order valence-corrected chi connectivity index (χ3v) is 3.79. The molecule has 2 rings (SSSR count). The van der Waals surface area contributed by atoms with Crippen molar-refractivity contribution >= 4 is 40.7 Å². The smallest absolute Gasteiger partial charge is 0.276 e. The highest BCUT2D eigenvalue weighted by atomic mass is 35.5. The van der Waals surface area contributed by atoms with Crippen LogP contribution in [0.1, 0.15) is 15.9 Å². The summed E-state index contributed by atoms with van der Waals surface area (Å²) in [6, 6.07) is 10.4. The van der Waals surface area contributed by atoms with Crippen molar-refractivity contribution in [3.8, 4) is 5.75 Å². The Morgan fingerprint density at radius 2 is 1.92 bits per heavy atom. The summed E-state index contributed by atoms with van der Waals surface area (Å²) in [4.78, 5) is 23.6. The van der Waals surface area contributed by atoms with E-state index in [1.54, 1.807) is 18.2 Å². The topological polar surface area (TPSA) is 79.5 Å². The summed E-state index contributed by atoms with van der Waals surface area (Å²) in [7, 11) is 0. The monoisotopic (exact) mass is 395 g/mol. The van der Waals surface area contributed by atoms with Gasteiger partial charge in [-0.05, 0) is 55.0 Å². The Bertz CT molecular complexity index is 848. The Kier molecular flexibility index (Phi) is 6.88. The number of thiocarbonyl (C=S) groups is 1. The van der Waals surface area contributed by atoms with Crippen LogP contribution in [0.3, 0.4) is 0 Å². The van der Waals surface area contributed by atoms with Gasteiger partial charge in [0.2, 0.25) is 0 Å². The summed E-state index contributed by atoms with van der Waals surface area (Å²) in [5.41, 5.74) is 5.25. The summed E-state index contributed by atoms with van der Waals surface area (Å²) in [5.74, 6) is -1.45. The first kappa shape index (κ1) is 19.6. The normalized spacial score (nSPS) is 9.96. The molecule has 2 aromatic rings. The molecule has 9 heteroatoms. The highest BCUT2D eigenvalue weighted by molar-refractivity contribution is 7.80. The summed E-state index contributed by atoms with van der Waals surface area (Å²) in [6.45, 7) is 1.53. The summed E-state index contributed by atoms with van der Waals surface area (Å²) < 4.78 is 18.8. The zero-order chi connectivity index (χ0) is 19.1. The lowest BCUT2D eigenvalue weighted by atomic mass is 10.2. The van der Waals surface area contributed by atoms with Crippen molar-refractivity contribution in [2.75, 3.05) is 6.61 Å². The molecule has 6 nitrogen and oxygen atoms in total. The average molecular weight is 396 g/mol. The molecule has 0 saturated heterocycles. The van der Waals surface area contributed by atoms with Crippen molar-refractivity contribution in [1.29, 1.82) is 0 Å². The number of carbonyl (C=O) groups excluding carboxylic acids is 2. The van der Waals surface area contributed by atoms with Crippen LogP contribution in [-0.4, -0.2) is 23.5 Å². The van der Waals surface area contributed by atoms with E-state index in [0.717, 1.165) is 11.6 Å². The summed E-state index contributed by atoms with van der Waals surface area (Å²) in [6.07, 6.45) is 0. The highest BCUT2D eigenvalue weighted by Crippen LogP contribution is 2.20. The zero-order valence-electron chi connectivity index (χ0n) is 13.6. The number of hydrogen-bond acceptors (Lipinski definition) is 4. The average Bonchev–Trinajstić information content (AvgIpc) is 2.61. The predicted octanol–water partition coefficient (Wildman–Crippen LogP) is 2.50. The number of ether oxygens (including phenoxy) is 1. The lowest BCUT2D eigenvalue weighted by Gasteiger charge is -2.12. The van der Waals surface area contributed by atoms with E-state index in [9.17, 15) is 14.0 Å². The fourth-order valence-corrected chi connectivity index (χ4v) is 2.13. The highest BCUT2D eigenvalue weighted by Gasteiger charge is 2.12. The first-order valence-electron chi connectivity index (χ1n) is 7.40. The number of halogens is 2. The largest absolute Gasteiger partial charge is 0.484 e. The molecule has 26 heavy (non-hydrogen) atoms. The van der Waals surface area contributed by atoms with E-state index in [2.05, 4.69) is 16.2 Å². The summed E-state index contributed by atoms with van der Waals surface area (Å²) in [5, 5.41) is 2.66. The minimum absolute atomic E-state index is 0.163. The van der Waals surface area contributed by atoms with E-state index in [1.807, 2.05) is 6.92 Å². The molecule has 0 radical (unpaired) electrons. The number of carbonyl (C=O) groups is 2. The van der Waals surface area contributed by atoms with Crippen LogP contribution in [0.4, 0.5) is 4.39 Å². The van der Waals surface area contributed by atoms with Crippen LogP contribution in [-0.2, 0) is 4.79 Å². The summed E-state index contributed by atoms with van der Waals surface area (Å²) >= 11 is 10.8.